The molecule has 1 aliphatic heterocycles. The van der Waals surface area contributed by atoms with Crippen LogP contribution in [0, 0.1) is 12.7 Å². The monoisotopic (exact) mass is 478 g/mol. The fraction of sp³-hybridized carbons (Fsp3) is 0.385. The average Bonchev–Trinajstić information content (AvgIpc) is 3.33. The molecule has 1 aliphatic rings. The van der Waals surface area contributed by atoms with Gasteiger partial charge in [-0.3, -0.25) is 4.90 Å². The number of fused-ring (bicyclic) bond motifs is 1. The van der Waals surface area contributed by atoms with Crippen molar-refractivity contribution in [3.05, 3.63) is 65.5 Å². The van der Waals surface area contributed by atoms with Crippen LogP contribution in [-0.4, -0.2) is 51.2 Å². The third kappa shape index (κ3) is 4.93. The van der Waals surface area contributed by atoms with Gasteiger partial charge in [0.05, 0.1) is 0 Å². The van der Waals surface area contributed by atoms with E-state index in [1.54, 1.807) is 17.4 Å². The van der Waals surface area contributed by atoms with Crippen LogP contribution in [0.25, 0.3) is 16.2 Å². The molecule has 1 saturated heterocycles. The second kappa shape index (κ2) is 9.00. The number of anilines is 2. The summed E-state index contributed by atoms with van der Waals surface area (Å²) in [5, 5.41) is 9.45. The van der Waals surface area contributed by atoms with E-state index in [-0.39, 0.29) is 11.4 Å². The number of piperazine rings is 1. The lowest BCUT2D eigenvalue weighted by Gasteiger charge is -2.34. The maximum atomic E-state index is 13.9. The van der Waals surface area contributed by atoms with Gasteiger partial charge in [-0.05, 0) is 45.4 Å². The van der Waals surface area contributed by atoms with E-state index in [1.807, 2.05) is 10.6 Å². The number of nitrogens with one attached hydrogen (secondary N) is 1. The molecule has 1 fully saturated rings. The fourth-order valence-corrected chi connectivity index (χ4v) is 5.29. The summed E-state index contributed by atoms with van der Waals surface area (Å²) in [6, 6.07) is 15.3. The van der Waals surface area contributed by atoms with E-state index in [9.17, 15) is 4.39 Å². The number of rotatable bonds is 5. The van der Waals surface area contributed by atoms with Crippen LogP contribution in [0.1, 0.15) is 31.9 Å². The van der Waals surface area contributed by atoms with Crippen LogP contribution in [0.4, 0.5) is 15.3 Å². The molecule has 34 heavy (non-hydrogen) atoms. The first-order chi connectivity index (χ1) is 16.2. The van der Waals surface area contributed by atoms with Gasteiger partial charge in [-0.15, -0.1) is 5.10 Å². The number of hydrogen-bond donors (Lipinski definition) is 1. The van der Waals surface area contributed by atoms with Gasteiger partial charge in [0, 0.05) is 43.8 Å². The lowest BCUT2D eigenvalue weighted by molar-refractivity contribution is 0.249. The number of halogens is 1. The largest absolute Gasteiger partial charge is 0.364 e. The van der Waals surface area contributed by atoms with Gasteiger partial charge in [0.1, 0.15) is 11.5 Å². The Balaban J connectivity index is 1.37. The van der Waals surface area contributed by atoms with Gasteiger partial charge in [-0.1, -0.05) is 53.3 Å². The highest BCUT2D eigenvalue weighted by molar-refractivity contribution is 7.20. The second-order valence-corrected chi connectivity index (χ2v) is 11.0. The van der Waals surface area contributed by atoms with E-state index in [0.717, 1.165) is 59.9 Å². The number of nitrogens with zero attached hydrogens (tertiary/aromatic N) is 5. The van der Waals surface area contributed by atoms with Crippen LogP contribution < -0.4 is 10.2 Å². The Labute approximate surface area is 204 Å². The summed E-state index contributed by atoms with van der Waals surface area (Å²) in [7, 11) is 0. The number of benzene rings is 2. The van der Waals surface area contributed by atoms with E-state index in [0.29, 0.717) is 0 Å². The molecule has 0 saturated carbocycles. The third-order valence-electron chi connectivity index (χ3n) is 5.92. The van der Waals surface area contributed by atoms with E-state index in [1.165, 1.54) is 23.3 Å². The van der Waals surface area contributed by atoms with Crippen LogP contribution in [0.5, 0.6) is 0 Å². The molecular formula is C26H31FN6S. The van der Waals surface area contributed by atoms with Gasteiger partial charge in [0.25, 0.3) is 0 Å². The van der Waals surface area contributed by atoms with Crippen molar-refractivity contribution in [1.29, 1.82) is 0 Å². The number of hydrogen-bond acceptors (Lipinski definition) is 6. The standard InChI is InChI=1S/C26H31FN6S/c1-18-7-5-8-19(15-18)17-31-11-13-32(14-12-31)25-30-33-23(29-26(2,3)4)22(28-24(33)34-25)20-9-6-10-21(27)16-20/h5-10,15-16,29H,11-14,17H2,1-4H3. The zero-order valence-electron chi connectivity index (χ0n) is 20.2. The lowest BCUT2D eigenvalue weighted by atomic mass is 10.1. The van der Waals surface area contributed by atoms with Crippen molar-refractivity contribution in [1.82, 2.24) is 19.5 Å². The highest BCUT2D eigenvalue weighted by Gasteiger charge is 2.25. The minimum Gasteiger partial charge on any atom is -0.364 e. The Kier molecular flexibility index (Phi) is 6.04. The first kappa shape index (κ1) is 22.8. The van der Waals surface area contributed by atoms with Gasteiger partial charge in [-0.25, -0.2) is 9.37 Å². The Morgan fingerprint density at radius 3 is 2.50 bits per heavy atom. The van der Waals surface area contributed by atoms with Crippen molar-refractivity contribution in [2.45, 2.75) is 39.8 Å². The quantitative estimate of drug-likeness (QED) is 0.414. The zero-order valence-corrected chi connectivity index (χ0v) is 21.0. The lowest BCUT2D eigenvalue weighted by Crippen LogP contribution is -2.46. The van der Waals surface area contributed by atoms with Crippen molar-refractivity contribution in [2.75, 3.05) is 36.4 Å². The van der Waals surface area contributed by atoms with Crippen molar-refractivity contribution in [3.8, 4) is 11.3 Å². The van der Waals surface area contributed by atoms with E-state index in [2.05, 4.69) is 67.1 Å². The molecule has 8 heteroatoms. The summed E-state index contributed by atoms with van der Waals surface area (Å²) >= 11 is 1.59. The summed E-state index contributed by atoms with van der Waals surface area (Å²) in [5.41, 5.74) is 3.95. The molecule has 0 aliphatic carbocycles. The molecule has 178 valence electrons. The van der Waals surface area contributed by atoms with Gasteiger partial charge in [0.15, 0.2) is 5.82 Å². The molecule has 2 aromatic carbocycles. The Morgan fingerprint density at radius 1 is 1.03 bits per heavy atom. The Bertz CT molecular complexity index is 1300. The molecule has 0 bridgehead atoms. The molecule has 0 unspecified atom stereocenters. The summed E-state index contributed by atoms with van der Waals surface area (Å²) < 4.78 is 15.8. The third-order valence-corrected chi connectivity index (χ3v) is 6.89. The molecule has 6 nitrogen and oxygen atoms in total. The topological polar surface area (TPSA) is 48.7 Å². The minimum absolute atomic E-state index is 0.191. The normalized spacial score (nSPS) is 15.3. The Hall–Kier alpha value is -2.97. The van der Waals surface area contributed by atoms with Crippen LogP contribution >= 0.6 is 11.3 Å². The molecule has 1 N–H and O–H groups in total. The minimum atomic E-state index is -0.271. The van der Waals surface area contributed by atoms with Gasteiger partial charge in [-0.2, -0.15) is 4.52 Å². The predicted molar refractivity (Wildman–Crippen MR) is 138 cm³/mol. The maximum absolute atomic E-state index is 13.9. The van der Waals surface area contributed by atoms with Gasteiger partial charge < -0.3 is 10.2 Å². The smallest absolute Gasteiger partial charge is 0.216 e. The molecule has 2 aromatic heterocycles. The second-order valence-electron chi connectivity index (χ2n) is 10.0. The zero-order chi connectivity index (χ0) is 23.9. The van der Waals surface area contributed by atoms with Gasteiger partial charge in [0.2, 0.25) is 10.1 Å². The highest BCUT2D eigenvalue weighted by Crippen LogP contribution is 2.35. The van der Waals surface area contributed by atoms with Crippen molar-refractivity contribution >= 4 is 27.2 Å². The predicted octanol–water partition coefficient (Wildman–Crippen LogP) is 5.44. The molecule has 0 radical (unpaired) electrons. The highest BCUT2D eigenvalue weighted by atomic mass is 32.1. The van der Waals surface area contributed by atoms with E-state index < -0.39 is 0 Å². The number of aromatic nitrogens is 3. The fourth-order valence-electron chi connectivity index (χ4n) is 4.34. The number of aryl methyl sites for hydroxylation is 1. The summed E-state index contributed by atoms with van der Waals surface area (Å²) in [6.07, 6.45) is 0. The average molecular weight is 479 g/mol. The molecule has 3 heterocycles. The van der Waals surface area contributed by atoms with Crippen LogP contribution in [0.15, 0.2) is 48.5 Å². The molecule has 0 spiro atoms. The van der Waals surface area contributed by atoms with Crippen molar-refractivity contribution < 1.29 is 4.39 Å². The molecule has 0 atom stereocenters. The SMILES string of the molecule is Cc1cccc(CN2CCN(c3nn4c(NC(C)(C)C)c(-c5cccc(F)c5)nc4s3)CC2)c1. The molecule has 4 aromatic rings. The van der Waals surface area contributed by atoms with Crippen molar-refractivity contribution in [3.63, 3.8) is 0 Å². The first-order valence-electron chi connectivity index (χ1n) is 11.7. The maximum Gasteiger partial charge on any atom is 0.216 e. The summed E-state index contributed by atoms with van der Waals surface area (Å²) in [5.74, 6) is 0.529. The number of imidazole rings is 1. The summed E-state index contributed by atoms with van der Waals surface area (Å²) in [6.45, 7) is 13.3. The van der Waals surface area contributed by atoms with Crippen LogP contribution in [0.3, 0.4) is 0 Å². The van der Waals surface area contributed by atoms with E-state index in [4.69, 9.17) is 10.1 Å². The van der Waals surface area contributed by atoms with Crippen molar-refractivity contribution in [2.24, 2.45) is 0 Å². The molecule has 0 amide bonds. The van der Waals surface area contributed by atoms with Crippen LogP contribution in [-0.2, 0) is 6.54 Å². The van der Waals surface area contributed by atoms with E-state index >= 15 is 0 Å². The molecular weight excluding hydrogens is 447 g/mol. The first-order valence-corrected chi connectivity index (χ1v) is 12.5. The van der Waals surface area contributed by atoms with Gasteiger partial charge >= 0.3 is 0 Å². The molecule has 5 rings (SSSR count). The van der Waals surface area contributed by atoms with Crippen LogP contribution in [0.2, 0.25) is 0 Å². The summed E-state index contributed by atoms with van der Waals surface area (Å²) in [4.78, 5) is 10.5. The Morgan fingerprint density at radius 2 is 1.79 bits per heavy atom.